The van der Waals surface area contributed by atoms with Crippen LogP contribution < -0.4 is 5.46 Å². The molecule has 1 aromatic heterocycles. The van der Waals surface area contributed by atoms with Crippen molar-refractivity contribution in [2.75, 3.05) is 0 Å². The fraction of sp³-hybridized carbons (Fsp3) is 0.833. The lowest BCUT2D eigenvalue weighted by atomic mass is 8.96. The van der Waals surface area contributed by atoms with Crippen LogP contribution in [0.5, 0.6) is 0 Å². The highest BCUT2D eigenvalue weighted by Gasteiger charge is 3.03. The van der Waals surface area contributed by atoms with E-state index in [-0.39, 0.29) is 18.3 Å². The normalized spacial score (nSPS) is 56.9. The van der Waals surface area contributed by atoms with Gasteiger partial charge in [-0.3, -0.25) is 4.68 Å². The second kappa shape index (κ2) is 3.05. The zero-order chi connectivity index (χ0) is 15.5. The van der Waals surface area contributed by atoms with Crippen LogP contribution in [0.4, 0.5) is 0 Å². The molecule has 7 fully saturated rings. The summed E-state index contributed by atoms with van der Waals surface area (Å²) in [6.07, 6.45) is 4.12. The topological polar surface area (TPSA) is 36.3 Å². The summed E-state index contributed by atoms with van der Waals surface area (Å²) < 4.78 is 14.5. The van der Waals surface area contributed by atoms with Gasteiger partial charge in [-0.1, -0.05) is 0 Å². The molecule has 0 bridgehead atoms. The van der Waals surface area contributed by atoms with Gasteiger partial charge in [0.05, 0.1) is 11.2 Å². The second-order valence-electron chi connectivity index (χ2n) is 10.1. The third kappa shape index (κ3) is 0.960. The molecule has 1 aromatic rings. The molecule has 8 rings (SSSR count). The molecular formula is C18H23BN2O2. The van der Waals surface area contributed by atoms with Crippen molar-refractivity contribution in [3.8, 4) is 0 Å². The predicted octanol–water partition coefficient (Wildman–Crippen LogP) is 1.55. The largest absolute Gasteiger partial charge is 0.498 e. The lowest BCUT2D eigenvalue weighted by Gasteiger charge is -3.07. The molecule has 6 saturated carbocycles. The summed E-state index contributed by atoms with van der Waals surface area (Å²) in [4.78, 5) is 0. The third-order valence-electron chi connectivity index (χ3n) is 9.30. The van der Waals surface area contributed by atoms with Crippen molar-refractivity contribution >= 4 is 12.6 Å². The summed E-state index contributed by atoms with van der Waals surface area (Å²) in [5.41, 5.74) is 1.18. The number of hydrogen-bond donors (Lipinski definition) is 0. The monoisotopic (exact) mass is 310 g/mol. The maximum Gasteiger partial charge on any atom is 0.498 e. The zero-order valence-corrected chi connectivity index (χ0v) is 14.2. The Morgan fingerprint density at radius 1 is 1.00 bits per heavy atom. The van der Waals surface area contributed by atoms with E-state index in [1.165, 1.54) is 5.92 Å². The fourth-order valence-corrected chi connectivity index (χ4v) is 7.83. The van der Waals surface area contributed by atoms with Crippen molar-refractivity contribution < 1.29 is 9.31 Å². The van der Waals surface area contributed by atoms with Gasteiger partial charge in [0.15, 0.2) is 0 Å². The van der Waals surface area contributed by atoms with E-state index >= 15 is 0 Å². The lowest BCUT2D eigenvalue weighted by Crippen LogP contribution is -3.05. The van der Waals surface area contributed by atoms with Crippen molar-refractivity contribution in [1.82, 2.24) is 9.78 Å². The average Bonchev–Trinajstić information content (AvgIpc) is 3.02. The summed E-state index contributed by atoms with van der Waals surface area (Å²) >= 11 is 0. The highest BCUT2D eigenvalue weighted by molar-refractivity contribution is 6.61. The van der Waals surface area contributed by atoms with E-state index in [9.17, 15) is 0 Å². The third-order valence-corrected chi connectivity index (χ3v) is 9.30. The molecule has 120 valence electrons. The molecule has 0 radical (unpaired) electrons. The minimum Gasteiger partial charge on any atom is -0.399 e. The Bertz CT molecular complexity index is 702. The average molecular weight is 310 g/mol. The number of aromatic nitrogens is 2. The molecule has 23 heavy (non-hydrogen) atoms. The number of hydrogen-bond acceptors (Lipinski definition) is 3. The quantitative estimate of drug-likeness (QED) is 0.795. The van der Waals surface area contributed by atoms with Gasteiger partial charge in [0.1, 0.15) is 0 Å². The molecule has 7 aliphatic rings. The smallest absolute Gasteiger partial charge is 0.399 e. The minimum atomic E-state index is -0.280. The number of rotatable bonds is 3. The van der Waals surface area contributed by atoms with Crippen LogP contribution in [0.3, 0.4) is 0 Å². The summed E-state index contributed by atoms with van der Waals surface area (Å²) in [5, 5.41) is 4.65. The first-order valence-corrected chi connectivity index (χ1v) is 9.25. The predicted molar refractivity (Wildman–Crippen MR) is 84.8 cm³/mol. The summed E-state index contributed by atoms with van der Waals surface area (Å²) in [6, 6.07) is 0. The van der Waals surface area contributed by atoms with Crippen molar-refractivity contribution in [3.05, 3.63) is 12.4 Å². The van der Waals surface area contributed by atoms with Crippen molar-refractivity contribution in [1.29, 1.82) is 0 Å². The molecule has 4 nitrogen and oxygen atoms in total. The molecular weight excluding hydrogens is 287 g/mol. The van der Waals surface area contributed by atoms with Gasteiger partial charge in [0.2, 0.25) is 0 Å². The van der Waals surface area contributed by atoms with Gasteiger partial charge >= 0.3 is 7.12 Å². The summed E-state index contributed by atoms with van der Waals surface area (Å²) in [5.74, 6) is 7.87. The first kappa shape index (κ1) is 12.5. The molecule has 0 aromatic carbocycles. The minimum absolute atomic E-state index is 0.280. The Hall–Kier alpha value is -0.805. The van der Waals surface area contributed by atoms with E-state index < -0.39 is 0 Å². The van der Waals surface area contributed by atoms with E-state index in [1.54, 1.807) is 0 Å². The Morgan fingerprint density at radius 2 is 1.57 bits per heavy atom. The van der Waals surface area contributed by atoms with Gasteiger partial charge in [-0.2, -0.15) is 5.10 Å². The fourth-order valence-electron chi connectivity index (χ4n) is 7.83. The molecule has 1 aliphatic heterocycles. The molecule has 1 saturated heterocycles. The van der Waals surface area contributed by atoms with Crippen LogP contribution in [0.25, 0.3) is 0 Å². The van der Waals surface area contributed by atoms with Crippen LogP contribution in [0.15, 0.2) is 12.4 Å². The molecule has 0 amide bonds. The second-order valence-corrected chi connectivity index (χ2v) is 10.1. The van der Waals surface area contributed by atoms with Crippen molar-refractivity contribution in [3.63, 3.8) is 0 Å². The van der Waals surface area contributed by atoms with Gasteiger partial charge in [-0.25, -0.2) is 0 Å². The van der Waals surface area contributed by atoms with E-state index in [1.807, 2.05) is 6.20 Å². The van der Waals surface area contributed by atoms with E-state index in [0.717, 1.165) is 47.5 Å². The van der Waals surface area contributed by atoms with E-state index in [4.69, 9.17) is 9.31 Å². The first-order chi connectivity index (χ1) is 10.9. The van der Waals surface area contributed by atoms with Crippen LogP contribution >= 0.6 is 0 Å². The highest BCUT2D eigenvalue weighted by Crippen LogP contribution is 3.06. The molecule has 6 aliphatic carbocycles. The van der Waals surface area contributed by atoms with E-state index in [2.05, 4.69) is 43.7 Å². The SMILES string of the molecule is CC1(C)OB(c2cnn(CC34C5C6C7C5C3C7C64)c2)OC1(C)C. The molecule has 2 heterocycles. The molecule has 5 heteroatoms. The maximum absolute atomic E-state index is 6.15. The van der Waals surface area contributed by atoms with Crippen LogP contribution in [-0.2, 0) is 15.9 Å². The summed E-state index contributed by atoms with van der Waals surface area (Å²) in [6.45, 7) is 9.55. The standard InChI is InChI=1S/C18H23BN2O2/c1-16(2)17(3,4)23-19(22-16)8-5-20-21(6-8)7-18-13-10-9-11(13)15(18)12(9)14(10)18/h5-6,9-15H,7H2,1-4H3. The highest BCUT2D eigenvalue weighted by atomic mass is 16.7. The Kier molecular flexibility index (Phi) is 1.67. The zero-order valence-electron chi connectivity index (χ0n) is 14.2. The van der Waals surface area contributed by atoms with Crippen molar-refractivity contribution in [2.45, 2.75) is 45.4 Å². The Labute approximate surface area is 137 Å². The molecule has 0 atom stereocenters. The first-order valence-electron chi connectivity index (χ1n) is 9.25. The Morgan fingerprint density at radius 3 is 2.13 bits per heavy atom. The van der Waals surface area contributed by atoms with Gasteiger partial charge < -0.3 is 9.31 Å². The Balaban J connectivity index is 1.13. The maximum atomic E-state index is 6.15. The van der Waals surface area contributed by atoms with Crippen LogP contribution in [-0.4, -0.2) is 28.1 Å². The van der Waals surface area contributed by atoms with Gasteiger partial charge in [-0.15, -0.1) is 0 Å². The molecule has 0 spiro atoms. The molecule has 0 N–H and O–H groups in total. The lowest BCUT2D eigenvalue weighted by molar-refractivity contribution is -0.617. The summed E-state index contributed by atoms with van der Waals surface area (Å²) in [7, 11) is -0.280. The number of nitrogens with zero attached hydrogens (tertiary/aromatic N) is 2. The van der Waals surface area contributed by atoms with Crippen molar-refractivity contribution in [2.24, 2.45) is 46.8 Å². The van der Waals surface area contributed by atoms with E-state index in [0.29, 0.717) is 5.41 Å². The van der Waals surface area contributed by atoms with Crippen LogP contribution in [0.1, 0.15) is 27.7 Å². The van der Waals surface area contributed by atoms with Gasteiger partial charge in [0.25, 0.3) is 0 Å². The van der Waals surface area contributed by atoms with Crippen LogP contribution in [0, 0.1) is 46.8 Å². The van der Waals surface area contributed by atoms with Gasteiger partial charge in [-0.05, 0) is 69.1 Å². The van der Waals surface area contributed by atoms with Gasteiger partial charge in [0, 0.05) is 29.8 Å². The molecule has 0 unspecified atom stereocenters. The van der Waals surface area contributed by atoms with Crippen LogP contribution in [0.2, 0.25) is 0 Å².